The summed E-state index contributed by atoms with van der Waals surface area (Å²) in [7, 11) is -4.31. The molecule has 0 saturated carbocycles. The van der Waals surface area contributed by atoms with E-state index in [1.54, 1.807) is 23.4 Å². The van der Waals surface area contributed by atoms with E-state index in [1.165, 1.54) is 0 Å². The normalized spacial score (nSPS) is 16.7. The first-order valence-electron chi connectivity index (χ1n) is 7.58. The highest BCUT2D eigenvalue weighted by atomic mass is 35.5. The zero-order chi connectivity index (χ0) is 18.9. The van der Waals surface area contributed by atoms with Gasteiger partial charge in [0, 0.05) is 43.6 Å². The Morgan fingerprint density at radius 3 is 2.23 bits per heavy atom. The topological polar surface area (TPSA) is 66.4 Å². The van der Waals surface area contributed by atoms with Crippen LogP contribution in [0.1, 0.15) is 5.56 Å². The van der Waals surface area contributed by atoms with Crippen LogP contribution in [-0.4, -0.2) is 48.9 Å². The molecule has 0 bridgehead atoms. The summed E-state index contributed by atoms with van der Waals surface area (Å²) in [5.41, 5.74) is -1.26. The van der Waals surface area contributed by atoms with Gasteiger partial charge < -0.3 is 4.90 Å². The number of benzene rings is 1. The summed E-state index contributed by atoms with van der Waals surface area (Å²) in [5, 5.41) is -0.178. The number of piperazine rings is 1. The van der Waals surface area contributed by atoms with Crippen molar-refractivity contribution in [2.24, 2.45) is 0 Å². The van der Waals surface area contributed by atoms with Crippen LogP contribution >= 0.6 is 11.6 Å². The van der Waals surface area contributed by atoms with Crippen molar-refractivity contribution in [3.8, 4) is 0 Å². The molecule has 1 aromatic carbocycles. The van der Waals surface area contributed by atoms with Crippen LogP contribution < -0.4 is 4.90 Å². The highest BCUT2D eigenvalue weighted by Gasteiger charge is 2.40. The van der Waals surface area contributed by atoms with Gasteiger partial charge in [-0.3, -0.25) is 0 Å². The first-order chi connectivity index (χ1) is 12.2. The molecule has 6 nitrogen and oxygen atoms in total. The van der Waals surface area contributed by atoms with Crippen molar-refractivity contribution < 1.29 is 21.6 Å². The summed E-state index contributed by atoms with van der Waals surface area (Å²) in [6, 6.07) is 4.32. The maximum Gasteiger partial charge on any atom is 0.417 e. The number of hydrogen-bond acceptors (Lipinski definition) is 5. The minimum absolute atomic E-state index is 0.0283. The van der Waals surface area contributed by atoms with Gasteiger partial charge >= 0.3 is 6.18 Å². The van der Waals surface area contributed by atoms with Gasteiger partial charge in [0.1, 0.15) is 0 Å². The van der Waals surface area contributed by atoms with Crippen LogP contribution in [0, 0.1) is 0 Å². The molecule has 2 heterocycles. The summed E-state index contributed by atoms with van der Waals surface area (Å²) in [6.07, 6.45) is -1.70. The molecule has 1 fully saturated rings. The fourth-order valence-electron chi connectivity index (χ4n) is 2.67. The Morgan fingerprint density at radius 2 is 1.65 bits per heavy atom. The lowest BCUT2D eigenvalue weighted by Crippen LogP contribution is -2.49. The third kappa shape index (κ3) is 3.76. The molecule has 0 spiro atoms. The van der Waals surface area contributed by atoms with Gasteiger partial charge in [0.2, 0.25) is 16.0 Å². The van der Waals surface area contributed by atoms with Crippen LogP contribution in [0.25, 0.3) is 0 Å². The van der Waals surface area contributed by atoms with Crippen molar-refractivity contribution in [3.63, 3.8) is 0 Å². The first-order valence-corrected chi connectivity index (χ1v) is 9.40. The van der Waals surface area contributed by atoms with Crippen molar-refractivity contribution in [1.29, 1.82) is 0 Å². The van der Waals surface area contributed by atoms with E-state index in [2.05, 4.69) is 9.97 Å². The van der Waals surface area contributed by atoms with Crippen LogP contribution in [0.4, 0.5) is 19.1 Å². The van der Waals surface area contributed by atoms with E-state index in [0.717, 1.165) is 16.4 Å². The summed E-state index contributed by atoms with van der Waals surface area (Å²) in [4.78, 5) is 9.16. The molecule has 26 heavy (non-hydrogen) atoms. The van der Waals surface area contributed by atoms with E-state index >= 15 is 0 Å². The molecule has 3 rings (SSSR count). The Hall–Kier alpha value is -1.91. The molecule has 140 valence electrons. The number of sulfonamides is 1. The Bertz CT molecular complexity index is 886. The lowest BCUT2D eigenvalue weighted by molar-refractivity contribution is -0.139. The monoisotopic (exact) mass is 406 g/mol. The zero-order valence-corrected chi connectivity index (χ0v) is 14.9. The summed E-state index contributed by atoms with van der Waals surface area (Å²) >= 11 is 5.62. The highest BCUT2D eigenvalue weighted by molar-refractivity contribution is 7.89. The standard InChI is InChI=1S/C15H14ClF3N4O2S/c16-11-2-3-13(12(10-11)15(17,18)19)26(24,25)23-8-6-22(7-9-23)14-20-4-1-5-21-14/h1-5,10H,6-9H2. The number of hydrogen-bond donors (Lipinski definition) is 0. The van der Waals surface area contributed by atoms with Gasteiger partial charge in [0.05, 0.1) is 10.5 Å². The van der Waals surface area contributed by atoms with Crippen LogP contribution in [0.2, 0.25) is 5.02 Å². The molecule has 1 saturated heterocycles. The molecule has 11 heteroatoms. The zero-order valence-electron chi connectivity index (χ0n) is 13.3. The Kier molecular flexibility index (Phi) is 5.09. The van der Waals surface area contributed by atoms with Crippen LogP contribution in [0.15, 0.2) is 41.6 Å². The predicted octanol–water partition coefficient (Wildman–Crippen LogP) is 2.66. The molecule has 0 amide bonds. The summed E-state index contributed by atoms with van der Waals surface area (Å²) in [6.45, 7) is 0.609. The Morgan fingerprint density at radius 1 is 1.04 bits per heavy atom. The maximum absolute atomic E-state index is 13.2. The molecule has 0 aliphatic carbocycles. The van der Waals surface area contributed by atoms with E-state index in [9.17, 15) is 21.6 Å². The van der Waals surface area contributed by atoms with Crippen molar-refractivity contribution in [1.82, 2.24) is 14.3 Å². The fourth-order valence-corrected chi connectivity index (χ4v) is 4.46. The second-order valence-electron chi connectivity index (χ2n) is 5.58. The molecule has 0 N–H and O–H groups in total. The summed E-state index contributed by atoms with van der Waals surface area (Å²) < 4.78 is 66.2. The van der Waals surface area contributed by atoms with Gasteiger partial charge in [0.15, 0.2) is 0 Å². The number of nitrogens with zero attached hydrogens (tertiary/aromatic N) is 4. The molecule has 0 unspecified atom stereocenters. The van der Waals surface area contributed by atoms with E-state index in [4.69, 9.17) is 11.6 Å². The Balaban J connectivity index is 1.85. The molecular weight excluding hydrogens is 393 g/mol. The first kappa shape index (κ1) is 18.9. The summed E-state index contributed by atoms with van der Waals surface area (Å²) in [5.74, 6) is 0.451. The SMILES string of the molecule is O=S(=O)(c1ccc(Cl)cc1C(F)(F)F)N1CCN(c2ncccn2)CC1. The molecule has 0 radical (unpaired) electrons. The smallest absolute Gasteiger partial charge is 0.338 e. The van der Waals surface area contributed by atoms with Gasteiger partial charge in [-0.2, -0.15) is 17.5 Å². The van der Waals surface area contributed by atoms with Crippen molar-refractivity contribution in [3.05, 3.63) is 47.2 Å². The average molecular weight is 407 g/mol. The molecular formula is C15H14ClF3N4O2S. The van der Waals surface area contributed by atoms with E-state index in [-0.39, 0.29) is 31.2 Å². The van der Waals surface area contributed by atoms with Gasteiger partial charge in [-0.05, 0) is 24.3 Å². The lowest BCUT2D eigenvalue weighted by Gasteiger charge is -2.34. The number of aromatic nitrogens is 2. The van der Waals surface area contributed by atoms with Gasteiger partial charge in [0.25, 0.3) is 0 Å². The van der Waals surface area contributed by atoms with E-state index < -0.39 is 26.7 Å². The van der Waals surface area contributed by atoms with E-state index in [0.29, 0.717) is 12.0 Å². The van der Waals surface area contributed by atoms with E-state index in [1.807, 2.05) is 0 Å². The number of anilines is 1. The van der Waals surface area contributed by atoms with Crippen LogP contribution in [-0.2, 0) is 16.2 Å². The minimum Gasteiger partial charge on any atom is -0.338 e. The van der Waals surface area contributed by atoms with Gasteiger partial charge in [-0.1, -0.05) is 11.6 Å². The van der Waals surface area contributed by atoms with Crippen molar-refractivity contribution in [2.75, 3.05) is 31.1 Å². The second-order valence-corrected chi connectivity index (χ2v) is 7.92. The third-order valence-electron chi connectivity index (χ3n) is 3.94. The molecule has 1 aliphatic rings. The largest absolute Gasteiger partial charge is 0.417 e. The highest BCUT2D eigenvalue weighted by Crippen LogP contribution is 2.37. The fraction of sp³-hybridized carbons (Fsp3) is 0.333. The maximum atomic E-state index is 13.2. The average Bonchev–Trinajstić information content (AvgIpc) is 2.61. The number of rotatable bonds is 3. The molecule has 2 aromatic rings. The molecule has 1 aromatic heterocycles. The number of halogens is 4. The molecule has 1 aliphatic heterocycles. The number of alkyl halides is 3. The lowest BCUT2D eigenvalue weighted by atomic mass is 10.2. The minimum atomic E-state index is -4.83. The van der Waals surface area contributed by atoms with Crippen LogP contribution in [0.3, 0.4) is 0 Å². The molecule has 0 atom stereocenters. The quantitative estimate of drug-likeness (QED) is 0.784. The Labute approximate surface area is 153 Å². The van der Waals surface area contributed by atoms with Crippen LogP contribution in [0.5, 0.6) is 0 Å². The van der Waals surface area contributed by atoms with Crippen molar-refractivity contribution in [2.45, 2.75) is 11.1 Å². The second kappa shape index (κ2) is 7.01. The predicted molar refractivity (Wildman–Crippen MR) is 89.5 cm³/mol. The van der Waals surface area contributed by atoms with Gasteiger partial charge in [-0.15, -0.1) is 0 Å². The van der Waals surface area contributed by atoms with Crippen molar-refractivity contribution >= 4 is 27.6 Å². The third-order valence-corrected chi connectivity index (χ3v) is 6.13. The van der Waals surface area contributed by atoms with Gasteiger partial charge in [-0.25, -0.2) is 18.4 Å².